The van der Waals surface area contributed by atoms with Gasteiger partial charge in [0.2, 0.25) is 11.8 Å². The van der Waals surface area contributed by atoms with Crippen LogP contribution in [-0.2, 0) is 23.9 Å². The lowest BCUT2D eigenvalue weighted by atomic mass is 9.78. The lowest BCUT2D eigenvalue weighted by Gasteiger charge is -2.42. The Hall–Kier alpha value is -2.19. The smallest absolute Gasteiger partial charge is 0.312 e. The fraction of sp³-hybridized carbons (Fsp3) is 0.708. The van der Waals surface area contributed by atoms with Gasteiger partial charge in [0, 0.05) is 12.1 Å². The largest absolute Gasteiger partial charge is 0.465 e. The minimum atomic E-state index is -1.28. The van der Waals surface area contributed by atoms with E-state index in [9.17, 15) is 19.5 Å². The maximum Gasteiger partial charge on any atom is 0.312 e. The highest BCUT2D eigenvalue weighted by Crippen LogP contribution is 2.54. The van der Waals surface area contributed by atoms with Crippen LogP contribution in [0.3, 0.4) is 0 Å². The second-order valence-corrected chi connectivity index (χ2v) is 10.1. The topological polar surface area (TPSA) is 96.4 Å². The van der Waals surface area contributed by atoms with Gasteiger partial charge in [0.1, 0.15) is 17.6 Å². The molecule has 2 fully saturated rings. The van der Waals surface area contributed by atoms with Crippen molar-refractivity contribution in [2.75, 3.05) is 19.8 Å². The van der Waals surface area contributed by atoms with E-state index in [-0.39, 0.29) is 25.0 Å². The number of fused-ring (bicyclic) bond motifs is 2. The fourth-order valence-electron chi connectivity index (χ4n) is 5.60. The summed E-state index contributed by atoms with van der Waals surface area (Å²) in [5.74, 6) is -2.74. The number of likely N-dealkylation sites (tertiary alicyclic amines) is 1. The van der Waals surface area contributed by atoms with E-state index < -0.39 is 47.1 Å². The third-order valence-corrected chi connectivity index (χ3v) is 7.17. The van der Waals surface area contributed by atoms with Gasteiger partial charge in [-0.15, -0.1) is 0 Å². The summed E-state index contributed by atoms with van der Waals surface area (Å²) >= 11 is 0. The van der Waals surface area contributed by atoms with Gasteiger partial charge in [-0.3, -0.25) is 14.4 Å². The molecule has 0 bridgehead atoms. The molecule has 0 aliphatic carbocycles. The van der Waals surface area contributed by atoms with Crippen molar-refractivity contribution in [1.82, 2.24) is 9.80 Å². The van der Waals surface area contributed by atoms with Crippen molar-refractivity contribution in [2.45, 2.75) is 76.3 Å². The first-order valence-corrected chi connectivity index (χ1v) is 11.6. The molecule has 0 aromatic heterocycles. The molecule has 0 aromatic carbocycles. The van der Waals surface area contributed by atoms with Crippen LogP contribution in [-0.4, -0.2) is 81.8 Å². The summed E-state index contributed by atoms with van der Waals surface area (Å²) in [6.45, 7) is 8.11. The highest BCUT2D eigenvalue weighted by Gasteiger charge is 2.72. The number of rotatable bonds is 3. The number of amides is 2. The standard InChI is InChI=1S/C24H34N2O6/c1-5-15(14-27)26-19-21(29)25(23(2,3)4)12-9-11-24(19)18(20(26)28)17-16(32-24)10-7-6-8-13-31-22(17)30/h7,9-11,15-19,27H,5-6,8,12-14H2,1-4H3/b10-7-/t15-,16-,17+,18-,19?,24-/m0/s1. The number of aliphatic hydroxyl groups is 1. The minimum Gasteiger partial charge on any atom is -0.465 e. The van der Waals surface area contributed by atoms with Crippen LogP contribution in [0.5, 0.6) is 0 Å². The maximum atomic E-state index is 14.0. The molecule has 32 heavy (non-hydrogen) atoms. The Labute approximate surface area is 189 Å². The van der Waals surface area contributed by atoms with Crippen molar-refractivity contribution in [1.29, 1.82) is 0 Å². The number of esters is 1. The Balaban J connectivity index is 1.88. The predicted octanol–water partition coefficient (Wildman–Crippen LogP) is 1.43. The van der Waals surface area contributed by atoms with Gasteiger partial charge in [-0.05, 0) is 40.0 Å². The van der Waals surface area contributed by atoms with Crippen LogP contribution >= 0.6 is 0 Å². The number of carbonyl (C=O) groups excluding carboxylic acids is 3. The number of cyclic esters (lactones) is 1. The molecule has 4 aliphatic rings. The summed E-state index contributed by atoms with van der Waals surface area (Å²) in [7, 11) is 0. The minimum absolute atomic E-state index is 0.228. The Morgan fingerprint density at radius 3 is 2.62 bits per heavy atom. The summed E-state index contributed by atoms with van der Waals surface area (Å²) in [5.41, 5.74) is -1.76. The average molecular weight is 447 g/mol. The quantitative estimate of drug-likeness (QED) is 0.520. The Bertz CT molecular complexity index is 842. The van der Waals surface area contributed by atoms with Gasteiger partial charge < -0.3 is 24.4 Å². The molecular formula is C24H34N2O6. The van der Waals surface area contributed by atoms with E-state index in [4.69, 9.17) is 9.47 Å². The first kappa shape index (κ1) is 23.0. The van der Waals surface area contributed by atoms with Crippen molar-refractivity contribution >= 4 is 17.8 Å². The van der Waals surface area contributed by atoms with E-state index >= 15 is 0 Å². The van der Waals surface area contributed by atoms with Gasteiger partial charge in [0.05, 0.1) is 31.3 Å². The highest BCUT2D eigenvalue weighted by molar-refractivity contribution is 5.99. The van der Waals surface area contributed by atoms with Crippen LogP contribution in [0.25, 0.3) is 0 Å². The van der Waals surface area contributed by atoms with Crippen LogP contribution in [0.15, 0.2) is 24.3 Å². The average Bonchev–Trinajstić information content (AvgIpc) is 3.13. The zero-order valence-corrected chi connectivity index (χ0v) is 19.3. The molecule has 4 aliphatic heterocycles. The molecule has 2 amide bonds. The van der Waals surface area contributed by atoms with Crippen molar-refractivity contribution in [3.63, 3.8) is 0 Å². The van der Waals surface area contributed by atoms with E-state index in [0.29, 0.717) is 19.4 Å². The first-order valence-electron chi connectivity index (χ1n) is 11.6. The van der Waals surface area contributed by atoms with Gasteiger partial charge in [-0.25, -0.2) is 0 Å². The first-order chi connectivity index (χ1) is 15.2. The number of carbonyl (C=O) groups is 3. The summed E-state index contributed by atoms with van der Waals surface area (Å²) in [6.07, 6.45) is 8.77. The summed E-state index contributed by atoms with van der Waals surface area (Å²) in [5, 5.41) is 10.1. The van der Waals surface area contributed by atoms with Gasteiger partial charge in [0.15, 0.2) is 0 Å². The lowest BCUT2D eigenvalue weighted by molar-refractivity contribution is -0.157. The number of allylic oxidation sites excluding steroid dienone is 1. The molecule has 1 N–H and O–H groups in total. The Kier molecular flexibility index (Phi) is 5.96. The molecule has 8 heteroatoms. The Morgan fingerprint density at radius 1 is 1.22 bits per heavy atom. The second kappa shape index (κ2) is 8.30. The number of nitrogens with zero attached hydrogens (tertiary/aromatic N) is 2. The van der Waals surface area contributed by atoms with Crippen LogP contribution in [0.2, 0.25) is 0 Å². The lowest BCUT2D eigenvalue weighted by Crippen LogP contribution is -2.60. The SMILES string of the molecule is CC[C@@H](CO)N1C(=O)[C@@H]2[C@@H]3C(=O)OCCC/C=C\[C@@H]3O[C@@]23C=CCN(C(C)(C)C)C(=O)C13. The molecule has 4 rings (SSSR count). The molecule has 0 radical (unpaired) electrons. The van der Waals surface area contributed by atoms with Gasteiger partial charge in [-0.1, -0.05) is 31.2 Å². The third kappa shape index (κ3) is 3.39. The van der Waals surface area contributed by atoms with Crippen LogP contribution in [0.4, 0.5) is 0 Å². The van der Waals surface area contributed by atoms with E-state index in [1.807, 2.05) is 52.0 Å². The van der Waals surface area contributed by atoms with E-state index in [0.717, 1.165) is 6.42 Å². The van der Waals surface area contributed by atoms with Crippen molar-refractivity contribution in [2.24, 2.45) is 11.8 Å². The van der Waals surface area contributed by atoms with E-state index in [1.165, 1.54) is 4.90 Å². The Morgan fingerprint density at radius 2 is 1.97 bits per heavy atom. The second-order valence-electron chi connectivity index (χ2n) is 10.1. The van der Waals surface area contributed by atoms with Crippen molar-refractivity contribution < 1.29 is 29.0 Å². The molecule has 6 atom stereocenters. The normalized spacial score (nSPS) is 37.0. The maximum absolute atomic E-state index is 14.0. The van der Waals surface area contributed by atoms with Gasteiger partial charge in [-0.2, -0.15) is 0 Å². The zero-order chi connectivity index (χ0) is 23.3. The molecule has 1 unspecified atom stereocenters. The monoisotopic (exact) mass is 446 g/mol. The zero-order valence-electron chi connectivity index (χ0n) is 19.3. The molecule has 2 saturated heterocycles. The van der Waals surface area contributed by atoms with E-state index in [1.54, 1.807) is 4.90 Å². The number of hydrogen-bond donors (Lipinski definition) is 1. The van der Waals surface area contributed by atoms with Crippen LogP contribution < -0.4 is 0 Å². The molecule has 8 nitrogen and oxygen atoms in total. The third-order valence-electron chi connectivity index (χ3n) is 7.17. The summed E-state index contributed by atoms with van der Waals surface area (Å²) in [6, 6.07) is -1.50. The number of hydrogen-bond acceptors (Lipinski definition) is 6. The summed E-state index contributed by atoms with van der Waals surface area (Å²) < 4.78 is 12.0. The van der Waals surface area contributed by atoms with Crippen molar-refractivity contribution in [3.8, 4) is 0 Å². The van der Waals surface area contributed by atoms with Crippen molar-refractivity contribution in [3.05, 3.63) is 24.3 Å². The molecule has 176 valence electrons. The van der Waals surface area contributed by atoms with E-state index in [2.05, 4.69) is 0 Å². The molecular weight excluding hydrogens is 412 g/mol. The molecule has 0 aromatic rings. The fourth-order valence-corrected chi connectivity index (χ4v) is 5.60. The molecule has 1 spiro atoms. The number of aliphatic hydroxyl groups excluding tert-OH is 1. The molecule has 4 heterocycles. The number of ether oxygens (including phenoxy) is 2. The highest BCUT2D eigenvalue weighted by atomic mass is 16.6. The predicted molar refractivity (Wildman–Crippen MR) is 116 cm³/mol. The summed E-state index contributed by atoms with van der Waals surface area (Å²) in [4.78, 5) is 44.2. The van der Waals surface area contributed by atoms with Gasteiger partial charge >= 0.3 is 5.97 Å². The van der Waals surface area contributed by atoms with Crippen LogP contribution in [0, 0.1) is 11.8 Å². The molecule has 0 saturated carbocycles. The van der Waals surface area contributed by atoms with Crippen LogP contribution in [0.1, 0.15) is 47.0 Å². The van der Waals surface area contributed by atoms with Gasteiger partial charge in [0.25, 0.3) is 0 Å².